The van der Waals surface area contributed by atoms with Gasteiger partial charge in [0.2, 0.25) is 0 Å². The van der Waals surface area contributed by atoms with Gasteiger partial charge in [-0.05, 0) is 12.1 Å². The Bertz CT molecular complexity index is 1000. The second-order valence-electron chi connectivity index (χ2n) is 4.89. The number of fused-ring (bicyclic) bond motifs is 2. The van der Waals surface area contributed by atoms with E-state index in [1.54, 1.807) is 23.0 Å². The summed E-state index contributed by atoms with van der Waals surface area (Å²) in [6.07, 6.45) is 4.00. The van der Waals surface area contributed by atoms with Crippen molar-refractivity contribution in [1.29, 1.82) is 0 Å². The molecule has 0 fully saturated rings. The Labute approximate surface area is 134 Å². The van der Waals surface area contributed by atoms with Crippen LogP contribution in [0, 0.1) is 0 Å². The zero-order chi connectivity index (χ0) is 15.1. The first-order valence-corrected chi connectivity index (χ1v) is 8.58. The minimum Gasteiger partial charge on any atom is -0.297 e. The van der Waals surface area contributed by atoms with Crippen molar-refractivity contribution in [3.8, 4) is 0 Å². The van der Waals surface area contributed by atoms with Crippen molar-refractivity contribution in [1.82, 2.24) is 18.9 Å². The highest BCUT2D eigenvalue weighted by atomic mass is 32.2. The maximum absolute atomic E-state index is 12.4. The molecule has 0 aliphatic heterocycles. The van der Waals surface area contributed by atoms with E-state index >= 15 is 0 Å². The van der Waals surface area contributed by atoms with Crippen LogP contribution in [0.2, 0.25) is 0 Å². The first-order chi connectivity index (χ1) is 10.7. The van der Waals surface area contributed by atoms with Crippen LogP contribution in [-0.2, 0) is 12.8 Å². The van der Waals surface area contributed by atoms with Gasteiger partial charge >= 0.3 is 0 Å². The minimum atomic E-state index is -0.0149. The second kappa shape index (κ2) is 5.26. The fourth-order valence-electron chi connectivity index (χ4n) is 2.31. The Morgan fingerprint density at radius 3 is 3.00 bits per heavy atom. The van der Waals surface area contributed by atoms with E-state index in [0.717, 1.165) is 16.2 Å². The molecular formula is C15H12N4OS2. The van der Waals surface area contributed by atoms with E-state index in [-0.39, 0.29) is 5.56 Å². The Morgan fingerprint density at radius 1 is 1.27 bits per heavy atom. The zero-order valence-corrected chi connectivity index (χ0v) is 13.4. The maximum Gasteiger partial charge on any atom is 0.261 e. The average molecular weight is 328 g/mol. The van der Waals surface area contributed by atoms with Crippen molar-refractivity contribution in [2.45, 2.75) is 10.9 Å². The topological polar surface area (TPSA) is 52.2 Å². The number of benzene rings is 1. The number of thioether (sulfide) groups is 1. The van der Waals surface area contributed by atoms with Crippen molar-refractivity contribution in [2.75, 3.05) is 0 Å². The number of rotatable bonds is 3. The van der Waals surface area contributed by atoms with Crippen LogP contribution >= 0.6 is 23.1 Å². The molecule has 4 aromatic rings. The van der Waals surface area contributed by atoms with Gasteiger partial charge in [-0.15, -0.1) is 11.3 Å². The molecule has 0 bridgehead atoms. The van der Waals surface area contributed by atoms with Gasteiger partial charge in [0.05, 0.1) is 16.6 Å². The molecule has 0 radical (unpaired) electrons. The molecule has 3 heterocycles. The van der Waals surface area contributed by atoms with Gasteiger partial charge in [-0.25, -0.2) is 9.97 Å². The molecule has 0 N–H and O–H groups in total. The molecule has 0 unspecified atom stereocenters. The van der Waals surface area contributed by atoms with E-state index in [1.807, 2.05) is 46.4 Å². The van der Waals surface area contributed by atoms with Crippen molar-refractivity contribution < 1.29 is 0 Å². The molecule has 0 amide bonds. The molecule has 0 saturated carbocycles. The Morgan fingerprint density at radius 2 is 2.14 bits per heavy atom. The first kappa shape index (κ1) is 13.5. The lowest BCUT2D eigenvalue weighted by molar-refractivity contribution is 0.726. The van der Waals surface area contributed by atoms with Crippen molar-refractivity contribution in [3.05, 3.63) is 58.1 Å². The molecule has 7 heteroatoms. The molecule has 0 spiro atoms. The quantitative estimate of drug-likeness (QED) is 0.429. The summed E-state index contributed by atoms with van der Waals surface area (Å²) in [6, 6.07) is 7.43. The fraction of sp³-hybridized carbons (Fsp3) is 0.133. The smallest absolute Gasteiger partial charge is 0.261 e. The maximum atomic E-state index is 12.4. The van der Waals surface area contributed by atoms with Gasteiger partial charge in [0.1, 0.15) is 0 Å². The molecule has 5 nitrogen and oxygen atoms in total. The minimum absolute atomic E-state index is 0.0149. The van der Waals surface area contributed by atoms with Crippen molar-refractivity contribution in [3.63, 3.8) is 0 Å². The number of thiazole rings is 1. The molecule has 0 saturated heterocycles. The van der Waals surface area contributed by atoms with Gasteiger partial charge < -0.3 is 0 Å². The van der Waals surface area contributed by atoms with Gasteiger partial charge in [0.25, 0.3) is 5.56 Å². The summed E-state index contributed by atoms with van der Waals surface area (Å²) < 4.78 is 3.61. The van der Waals surface area contributed by atoms with Gasteiger partial charge in [-0.1, -0.05) is 23.9 Å². The van der Waals surface area contributed by atoms with Gasteiger partial charge in [0, 0.05) is 30.6 Å². The lowest BCUT2D eigenvalue weighted by atomic mass is 10.2. The summed E-state index contributed by atoms with van der Waals surface area (Å²) in [6.45, 7) is 0. The SMILES string of the molecule is Cn1c(SCc2cn3ccsc3n2)nc2ccccc2c1=O. The number of hydrogen-bond acceptors (Lipinski definition) is 5. The van der Waals surface area contributed by atoms with Gasteiger partial charge in [-0.3, -0.25) is 13.8 Å². The summed E-state index contributed by atoms with van der Waals surface area (Å²) in [5.74, 6) is 0.688. The average Bonchev–Trinajstić information content (AvgIpc) is 3.11. The molecule has 3 aromatic heterocycles. The summed E-state index contributed by atoms with van der Waals surface area (Å²) in [5.41, 5.74) is 1.71. The van der Waals surface area contributed by atoms with Crippen molar-refractivity contribution in [2.24, 2.45) is 7.05 Å². The fourth-order valence-corrected chi connectivity index (χ4v) is 3.89. The normalized spacial score (nSPS) is 11.5. The highest BCUT2D eigenvalue weighted by molar-refractivity contribution is 7.98. The zero-order valence-electron chi connectivity index (χ0n) is 11.8. The third-order valence-electron chi connectivity index (χ3n) is 3.43. The third-order valence-corrected chi connectivity index (χ3v) is 5.27. The number of aromatic nitrogens is 4. The van der Waals surface area contributed by atoms with Crippen LogP contribution in [-0.4, -0.2) is 18.9 Å². The Hall–Kier alpha value is -2.12. The lowest BCUT2D eigenvalue weighted by Crippen LogP contribution is -2.19. The molecule has 0 aliphatic rings. The molecule has 22 heavy (non-hydrogen) atoms. The second-order valence-corrected chi connectivity index (χ2v) is 6.70. The van der Waals surface area contributed by atoms with E-state index in [2.05, 4.69) is 9.97 Å². The summed E-state index contributed by atoms with van der Waals surface area (Å²) in [4.78, 5) is 22.5. The number of para-hydroxylation sites is 1. The van der Waals surface area contributed by atoms with Crippen LogP contribution in [0.1, 0.15) is 5.69 Å². The summed E-state index contributed by atoms with van der Waals surface area (Å²) >= 11 is 3.14. The lowest BCUT2D eigenvalue weighted by Gasteiger charge is -2.07. The van der Waals surface area contributed by atoms with Crippen LogP contribution in [0.25, 0.3) is 15.9 Å². The van der Waals surface area contributed by atoms with E-state index in [9.17, 15) is 4.79 Å². The van der Waals surface area contributed by atoms with Gasteiger partial charge in [0.15, 0.2) is 10.1 Å². The van der Waals surface area contributed by atoms with Gasteiger partial charge in [-0.2, -0.15) is 0 Å². The van der Waals surface area contributed by atoms with E-state index in [0.29, 0.717) is 16.3 Å². The van der Waals surface area contributed by atoms with Crippen LogP contribution in [0.5, 0.6) is 0 Å². The van der Waals surface area contributed by atoms with E-state index in [4.69, 9.17) is 0 Å². The van der Waals surface area contributed by atoms with E-state index < -0.39 is 0 Å². The molecule has 110 valence electrons. The Kier molecular flexibility index (Phi) is 3.24. The van der Waals surface area contributed by atoms with E-state index in [1.165, 1.54) is 11.8 Å². The monoisotopic (exact) mass is 328 g/mol. The summed E-state index contributed by atoms with van der Waals surface area (Å²) in [5, 5.41) is 3.37. The number of nitrogens with zero attached hydrogens (tertiary/aromatic N) is 4. The molecule has 0 aliphatic carbocycles. The van der Waals surface area contributed by atoms with Crippen molar-refractivity contribution >= 4 is 39.0 Å². The summed E-state index contributed by atoms with van der Waals surface area (Å²) in [7, 11) is 1.76. The van der Waals surface area contributed by atoms with Crippen LogP contribution < -0.4 is 5.56 Å². The standard InChI is InChI=1S/C15H12N4OS2/c1-18-13(20)11-4-2-3-5-12(11)17-14(18)22-9-10-8-19-6-7-21-15(19)16-10/h2-8H,9H2,1H3. The van der Waals surface area contributed by atoms with Crippen LogP contribution in [0.4, 0.5) is 0 Å². The highest BCUT2D eigenvalue weighted by Gasteiger charge is 2.10. The molecule has 4 rings (SSSR count). The molecular weight excluding hydrogens is 316 g/mol. The highest BCUT2D eigenvalue weighted by Crippen LogP contribution is 2.22. The largest absolute Gasteiger partial charge is 0.297 e. The van der Waals surface area contributed by atoms with Crippen LogP contribution in [0.15, 0.2) is 52.0 Å². The number of imidazole rings is 1. The van der Waals surface area contributed by atoms with Crippen LogP contribution in [0.3, 0.4) is 0 Å². The first-order valence-electron chi connectivity index (χ1n) is 6.72. The predicted octanol–water partition coefficient (Wildman–Crippen LogP) is 2.94. The third kappa shape index (κ3) is 2.22. The number of hydrogen-bond donors (Lipinski definition) is 0. The Balaban J connectivity index is 1.67. The molecule has 0 atom stereocenters. The molecule has 1 aromatic carbocycles. The predicted molar refractivity (Wildman–Crippen MR) is 89.6 cm³/mol.